The maximum absolute atomic E-state index is 12.7. The fourth-order valence-electron chi connectivity index (χ4n) is 3.36. The summed E-state index contributed by atoms with van der Waals surface area (Å²) >= 11 is 0. The van der Waals surface area contributed by atoms with Crippen LogP contribution in [0.2, 0.25) is 0 Å². The maximum atomic E-state index is 12.7. The van der Waals surface area contributed by atoms with E-state index >= 15 is 0 Å². The summed E-state index contributed by atoms with van der Waals surface area (Å²) in [5.41, 5.74) is 2.17. The zero-order valence-corrected chi connectivity index (χ0v) is 16.6. The van der Waals surface area contributed by atoms with Crippen LogP contribution in [0.5, 0.6) is 5.88 Å². The van der Waals surface area contributed by atoms with Crippen molar-refractivity contribution in [2.45, 2.75) is 6.92 Å². The summed E-state index contributed by atoms with van der Waals surface area (Å²) in [6.07, 6.45) is 1.69. The quantitative estimate of drug-likeness (QED) is 0.800. The number of nitrogens with zero attached hydrogens (tertiary/aromatic N) is 4. The highest BCUT2D eigenvalue weighted by atomic mass is 16.5. The van der Waals surface area contributed by atoms with Gasteiger partial charge in [0, 0.05) is 58.1 Å². The molecule has 8 heteroatoms. The van der Waals surface area contributed by atoms with Gasteiger partial charge < -0.3 is 15.0 Å². The van der Waals surface area contributed by atoms with E-state index < -0.39 is 0 Å². The van der Waals surface area contributed by atoms with Crippen molar-refractivity contribution >= 4 is 11.8 Å². The summed E-state index contributed by atoms with van der Waals surface area (Å²) in [7, 11) is 3.28. The number of carbonyl (C=O) groups excluding carboxylic acids is 2. The lowest BCUT2D eigenvalue weighted by Crippen LogP contribution is -2.50. The molecule has 150 valence electrons. The van der Waals surface area contributed by atoms with E-state index in [9.17, 15) is 9.59 Å². The van der Waals surface area contributed by atoms with Crippen LogP contribution in [0.25, 0.3) is 0 Å². The number of methoxy groups -OCH3 is 1. The Balaban J connectivity index is 1.45. The molecule has 1 aliphatic rings. The van der Waals surface area contributed by atoms with Crippen LogP contribution in [0, 0.1) is 6.92 Å². The maximum Gasteiger partial charge on any atom is 0.261 e. The Bertz CT molecular complexity index is 840. The molecule has 0 saturated carbocycles. The van der Waals surface area contributed by atoms with E-state index in [0.717, 1.165) is 25.2 Å². The number of aryl methyl sites for hydroxylation is 2. The molecule has 1 aromatic carbocycles. The van der Waals surface area contributed by atoms with Gasteiger partial charge in [0.15, 0.2) is 0 Å². The van der Waals surface area contributed by atoms with Crippen molar-refractivity contribution in [2.24, 2.45) is 7.05 Å². The van der Waals surface area contributed by atoms with Gasteiger partial charge in [0.1, 0.15) is 5.56 Å². The number of hydrogen-bond donors (Lipinski definition) is 1. The second-order valence-corrected chi connectivity index (χ2v) is 6.93. The Morgan fingerprint density at radius 2 is 1.86 bits per heavy atom. The molecule has 0 aliphatic carbocycles. The molecule has 0 spiro atoms. The highest BCUT2D eigenvalue weighted by Gasteiger charge is 2.26. The summed E-state index contributed by atoms with van der Waals surface area (Å²) in [4.78, 5) is 29.0. The summed E-state index contributed by atoms with van der Waals surface area (Å²) in [6, 6.07) is 7.56. The minimum Gasteiger partial charge on any atom is -0.479 e. The first-order valence-electron chi connectivity index (χ1n) is 9.42. The molecule has 2 heterocycles. The van der Waals surface area contributed by atoms with Gasteiger partial charge in [0.2, 0.25) is 5.88 Å². The summed E-state index contributed by atoms with van der Waals surface area (Å²) in [5, 5.41) is 7.12. The van der Waals surface area contributed by atoms with Crippen LogP contribution in [0.15, 0.2) is 30.5 Å². The van der Waals surface area contributed by atoms with E-state index in [1.54, 1.807) is 17.9 Å². The van der Waals surface area contributed by atoms with Gasteiger partial charge in [-0.25, -0.2) is 0 Å². The number of amides is 2. The van der Waals surface area contributed by atoms with Crippen molar-refractivity contribution in [3.63, 3.8) is 0 Å². The van der Waals surface area contributed by atoms with Gasteiger partial charge in [-0.05, 0) is 18.6 Å². The van der Waals surface area contributed by atoms with Gasteiger partial charge in [0.25, 0.3) is 11.8 Å². The predicted octanol–water partition coefficient (Wildman–Crippen LogP) is 0.925. The number of ether oxygens (including phenoxy) is 1. The third-order valence-corrected chi connectivity index (χ3v) is 4.98. The van der Waals surface area contributed by atoms with E-state index in [1.807, 2.05) is 36.1 Å². The molecule has 1 aromatic heterocycles. The Hall–Kier alpha value is -2.87. The second-order valence-electron chi connectivity index (χ2n) is 6.93. The Labute approximate surface area is 165 Å². The van der Waals surface area contributed by atoms with Gasteiger partial charge >= 0.3 is 0 Å². The first kappa shape index (κ1) is 19.9. The lowest BCUT2D eigenvalue weighted by atomic mass is 10.1. The van der Waals surface area contributed by atoms with E-state index in [0.29, 0.717) is 36.6 Å². The van der Waals surface area contributed by atoms with Crippen LogP contribution in [0.4, 0.5) is 0 Å². The van der Waals surface area contributed by atoms with Crippen LogP contribution in [-0.4, -0.2) is 77.8 Å². The van der Waals surface area contributed by atoms with Crippen LogP contribution in [0.1, 0.15) is 26.3 Å². The molecule has 1 aliphatic heterocycles. The number of piperazine rings is 1. The van der Waals surface area contributed by atoms with Gasteiger partial charge in [-0.15, -0.1) is 5.10 Å². The standard InChI is InChI=1S/C20H27N5O3/c1-15-6-4-5-7-16(15)18(26)21-8-9-24-10-12-25(13-11-24)20(27)17-14-23(2)22-19(17)28-3/h4-7,14H,8-13H2,1-3H3,(H,21,26). The first-order valence-corrected chi connectivity index (χ1v) is 9.42. The van der Waals surface area contributed by atoms with Crippen molar-refractivity contribution in [1.82, 2.24) is 24.9 Å². The molecule has 0 radical (unpaired) electrons. The number of nitrogens with one attached hydrogen (secondary N) is 1. The molecule has 28 heavy (non-hydrogen) atoms. The molecule has 3 rings (SSSR count). The van der Waals surface area contributed by atoms with Gasteiger partial charge in [-0.2, -0.15) is 0 Å². The molecule has 0 unspecified atom stereocenters. The summed E-state index contributed by atoms with van der Waals surface area (Å²) < 4.78 is 6.77. The average Bonchev–Trinajstić information content (AvgIpc) is 3.09. The first-order chi connectivity index (χ1) is 13.5. The number of rotatable bonds is 6. The minimum absolute atomic E-state index is 0.0458. The Morgan fingerprint density at radius 3 is 2.54 bits per heavy atom. The average molecular weight is 385 g/mol. The molecule has 2 amide bonds. The van der Waals surface area contributed by atoms with E-state index in [1.165, 1.54) is 7.11 Å². The lowest BCUT2D eigenvalue weighted by molar-refractivity contribution is 0.0635. The largest absolute Gasteiger partial charge is 0.479 e. The number of carbonyl (C=O) groups is 2. The van der Waals surface area contributed by atoms with Gasteiger partial charge in [-0.3, -0.25) is 19.2 Å². The van der Waals surface area contributed by atoms with Crippen molar-refractivity contribution in [3.05, 3.63) is 47.2 Å². The predicted molar refractivity (Wildman–Crippen MR) is 106 cm³/mol. The van der Waals surface area contributed by atoms with Crippen LogP contribution < -0.4 is 10.1 Å². The zero-order valence-electron chi connectivity index (χ0n) is 16.6. The SMILES string of the molecule is COc1nn(C)cc1C(=O)N1CCN(CCNC(=O)c2ccccc2C)CC1. The smallest absolute Gasteiger partial charge is 0.261 e. The van der Waals surface area contributed by atoms with Crippen molar-refractivity contribution in [3.8, 4) is 5.88 Å². The molecule has 8 nitrogen and oxygen atoms in total. The van der Waals surface area contributed by atoms with Crippen molar-refractivity contribution in [1.29, 1.82) is 0 Å². The second kappa shape index (κ2) is 8.88. The van der Waals surface area contributed by atoms with Gasteiger partial charge in [0.05, 0.1) is 7.11 Å². The van der Waals surface area contributed by atoms with Crippen molar-refractivity contribution < 1.29 is 14.3 Å². The number of hydrogen-bond acceptors (Lipinski definition) is 5. The van der Waals surface area contributed by atoms with Crippen molar-refractivity contribution in [2.75, 3.05) is 46.4 Å². The molecular weight excluding hydrogens is 358 g/mol. The van der Waals surface area contributed by atoms with E-state index in [4.69, 9.17) is 4.74 Å². The molecule has 1 fully saturated rings. The Kier molecular flexibility index (Phi) is 6.30. The molecule has 2 aromatic rings. The third-order valence-electron chi connectivity index (χ3n) is 4.98. The minimum atomic E-state index is -0.0579. The number of benzene rings is 1. The normalized spacial score (nSPS) is 14.8. The van der Waals surface area contributed by atoms with Gasteiger partial charge in [-0.1, -0.05) is 18.2 Å². The highest BCUT2D eigenvalue weighted by Crippen LogP contribution is 2.18. The van der Waals surface area contributed by atoms with E-state index in [2.05, 4.69) is 15.3 Å². The fraction of sp³-hybridized carbons (Fsp3) is 0.450. The topological polar surface area (TPSA) is 79.7 Å². The van der Waals surface area contributed by atoms with Crippen LogP contribution in [-0.2, 0) is 7.05 Å². The van der Waals surface area contributed by atoms with Crippen LogP contribution >= 0.6 is 0 Å². The molecule has 0 bridgehead atoms. The highest BCUT2D eigenvalue weighted by molar-refractivity contribution is 5.96. The zero-order chi connectivity index (χ0) is 20.1. The Morgan fingerprint density at radius 1 is 1.14 bits per heavy atom. The van der Waals surface area contributed by atoms with E-state index in [-0.39, 0.29) is 11.8 Å². The summed E-state index contributed by atoms with van der Waals surface area (Å²) in [6.45, 7) is 6.10. The summed E-state index contributed by atoms with van der Waals surface area (Å²) in [5.74, 6) is 0.252. The lowest BCUT2D eigenvalue weighted by Gasteiger charge is -2.34. The van der Waals surface area contributed by atoms with Crippen LogP contribution in [0.3, 0.4) is 0 Å². The molecule has 0 atom stereocenters. The molecule has 1 saturated heterocycles. The fourth-order valence-corrected chi connectivity index (χ4v) is 3.36. The monoisotopic (exact) mass is 385 g/mol. The number of aromatic nitrogens is 2. The molecular formula is C20H27N5O3. The third kappa shape index (κ3) is 4.51. The molecule has 1 N–H and O–H groups in total.